The Hall–Kier alpha value is -2.27. The zero-order chi connectivity index (χ0) is 15.4. The summed E-state index contributed by atoms with van der Waals surface area (Å²) in [6.07, 6.45) is 0.908. The fourth-order valence-corrected chi connectivity index (χ4v) is 2.08. The van der Waals surface area contributed by atoms with Crippen LogP contribution in [0.25, 0.3) is 0 Å². The fraction of sp³-hybridized carbons (Fsp3) is 0.125. The Morgan fingerprint density at radius 3 is 2.48 bits per heavy atom. The summed E-state index contributed by atoms with van der Waals surface area (Å²) in [6, 6.07) is 11.2. The number of hydrogen-bond donors (Lipinski definition) is 2. The molecule has 0 saturated heterocycles. The molecule has 0 bridgehead atoms. The first-order valence-electron chi connectivity index (χ1n) is 6.51. The van der Waals surface area contributed by atoms with E-state index in [1.165, 1.54) is 18.2 Å². The third-order valence-corrected chi connectivity index (χ3v) is 3.34. The third kappa shape index (κ3) is 3.64. The standard InChI is InChI=1S/C16H15FN2OS/c1-2-10-3-5-11(6-4-10)16(20)19-14-8-7-12(17)9-13(14)15(18)21/h3-9H,2H2,1H3,(H2,18,21)(H,19,20). The summed E-state index contributed by atoms with van der Waals surface area (Å²) in [5.41, 5.74) is 7.92. The lowest BCUT2D eigenvalue weighted by Gasteiger charge is -2.10. The largest absolute Gasteiger partial charge is 0.389 e. The number of benzene rings is 2. The minimum Gasteiger partial charge on any atom is -0.389 e. The van der Waals surface area contributed by atoms with Gasteiger partial charge in [0.1, 0.15) is 10.8 Å². The van der Waals surface area contributed by atoms with E-state index in [0.29, 0.717) is 16.8 Å². The number of anilines is 1. The van der Waals surface area contributed by atoms with Crippen LogP contribution in [0, 0.1) is 5.82 Å². The number of carbonyl (C=O) groups excluding carboxylic acids is 1. The van der Waals surface area contributed by atoms with Crippen LogP contribution in [0.3, 0.4) is 0 Å². The summed E-state index contributed by atoms with van der Waals surface area (Å²) in [7, 11) is 0. The highest BCUT2D eigenvalue weighted by atomic mass is 32.1. The Balaban J connectivity index is 2.24. The first kappa shape index (κ1) is 15.1. The molecule has 21 heavy (non-hydrogen) atoms. The number of aryl methyl sites for hydroxylation is 1. The maximum Gasteiger partial charge on any atom is 0.255 e. The van der Waals surface area contributed by atoms with Gasteiger partial charge in [-0.05, 0) is 42.3 Å². The lowest BCUT2D eigenvalue weighted by Crippen LogP contribution is -2.18. The summed E-state index contributed by atoms with van der Waals surface area (Å²) in [4.78, 5) is 12.2. The second-order valence-corrected chi connectivity index (χ2v) is 5.00. The number of hydrogen-bond acceptors (Lipinski definition) is 2. The monoisotopic (exact) mass is 302 g/mol. The van der Waals surface area contributed by atoms with E-state index in [9.17, 15) is 9.18 Å². The molecule has 0 saturated carbocycles. The minimum atomic E-state index is -0.455. The number of halogens is 1. The Morgan fingerprint density at radius 2 is 1.90 bits per heavy atom. The van der Waals surface area contributed by atoms with E-state index < -0.39 is 5.82 Å². The Morgan fingerprint density at radius 1 is 1.24 bits per heavy atom. The van der Waals surface area contributed by atoms with E-state index in [1.807, 2.05) is 19.1 Å². The van der Waals surface area contributed by atoms with E-state index in [-0.39, 0.29) is 10.9 Å². The first-order valence-corrected chi connectivity index (χ1v) is 6.91. The van der Waals surface area contributed by atoms with Crippen molar-refractivity contribution in [2.24, 2.45) is 5.73 Å². The number of amides is 1. The number of nitrogens with one attached hydrogen (secondary N) is 1. The van der Waals surface area contributed by atoms with Crippen LogP contribution in [0.15, 0.2) is 42.5 Å². The van der Waals surface area contributed by atoms with Gasteiger partial charge < -0.3 is 11.1 Å². The van der Waals surface area contributed by atoms with Crippen molar-refractivity contribution in [1.29, 1.82) is 0 Å². The van der Waals surface area contributed by atoms with E-state index in [0.717, 1.165) is 12.0 Å². The van der Waals surface area contributed by atoms with Crippen molar-refractivity contribution in [3.8, 4) is 0 Å². The zero-order valence-electron chi connectivity index (χ0n) is 11.5. The first-order chi connectivity index (χ1) is 10.0. The van der Waals surface area contributed by atoms with Gasteiger partial charge in [0.25, 0.3) is 5.91 Å². The quantitative estimate of drug-likeness (QED) is 0.852. The van der Waals surface area contributed by atoms with Crippen LogP contribution in [0.5, 0.6) is 0 Å². The maximum atomic E-state index is 13.2. The molecule has 0 aliphatic heterocycles. The normalized spacial score (nSPS) is 10.2. The van der Waals surface area contributed by atoms with E-state index in [4.69, 9.17) is 18.0 Å². The Kier molecular flexibility index (Phi) is 4.65. The lowest BCUT2D eigenvalue weighted by atomic mass is 10.1. The summed E-state index contributed by atoms with van der Waals surface area (Å²) < 4.78 is 13.2. The van der Waals surface area contributed by atoms with Gasteiger partial charge >= 0.3 is 0 Å². The molecule has 2 rings (SSSR count). The average molecular weight is 302 g/mol. The van der Waals surface area contributed by atoms with Crippen LogP contribution in [-0.2, 0) is 6.42 Å². The molecular formula is C16H15FN2OS. The topological polar surface area (TPSA) is 55.1 Å². The predicted octanol–water partition coefficient (Wildman–Crippen LogP) is 3.27. The summed E-state index contributed by atoms with van der Waals surface area (Å²) in [5.74, 6) is -0.746. The molecular weight excluding hydrogens is 287 g/mol. The van der Waals surface area contributed by atoms with E-state index in [1.54, 1.807) is 12.1 Å². The molecule has 0 aromatic heterocycles. The highest BCUT2D eigenvalue weighted by Crippen LogP contribution is 2.18. The van der Waals surface area contributed by atoms with Crippen LogP contribution >= 0.6 is 12.2 Å². The van der Waals surface area contributed by atoms with Gasteiger partial charge in [-0.2, -0.15) is 0 Å². The molecule has 3 N–H and O–H groups in total. The van der Waals surface area contributed by atoms with Crippen LogP contribution in [0.4, 0.5) is 10.1 Å². The van der Waals surface area contributed by atoms with Gasteiger partial charge in [-0.1, -0.05) is 31.3 Å². The second-order valence-electron chi connectivity index (χ2n) is 4.56. The minimum absolute atomic E-state index is 0.0335. The van der Waals surface area contributed by atoms with Gasteiger partial charge in [-0.25, -0.2) is 4.39 Å². The van der Waals surface area contributed by atoms with Crippen molar-refractivity contribution in [2.45, 2.75) is 13.3 Å². The van der Waals surface area contributed by atoms with E-state index >= 15 is 0 Å². The van der Waals surface area contributed by atoms with Crippen LogP contribution in [-0.4, -0.2) is 10.9 Å². The van der Waals surface area contributed by atoms with Gasteiger partial charge in [0.05, 0.1) is 5.69 Å². The van der Waals surface area contributed by atoms with Gasteiger partial charge in [0.15, 0.2) is 0 Å². The number of carbonyl (C=O) groups is 1. The SMILES string of the molecule is CCc1ccc(C(=O)Nc2ccc(F)cc2C(N)=S)cc1. The second kappa shape index (κ2) is 6.45. The molecule has 1 amide bonds. The van der Waals surface area contributed by atoms with Crippen molar-refractivity contribution in [2.75, 3.05) is 5.32 Å². The van der Waals surface area contributed by atoms with Crippen molar-refractivity contribution in [3.05, 3.63) is 65.0 Å². The highest BCUT2D eigenvalue weighted by molar-refractivity contribution is 7.80. The number of nitrogens with two attached hydrogens (primary N) is 1. The molecule has 0 radical (unpaired) electrons. The summed E-state index contributed by atoms with van der Waals surface area (Å²) in [6.45, 7) is 2.04. The van der Waals surface area contributed by atoms with Gasteiger partial charge in [-0.15, -0.1) is 0 Å². The van der Waals surface area contributed by atoms with Gasteiger partial charge in [0, 0.05) is 11.1 Å². The molecule has 3 nitrogen and oxygen atoms in total. The molecule has 2 aromatic rings. The lowest BCUT2D eigenvalue weighted by molar-refractivity contribution is 0.102. The number of rotatable bonds is 4. The summed E-state index contributed by atoms with van der Waals surface area (Å²) >= 11 is 4.87. The molecule has 108 valence electrons. The Labute approximate surface area is 128 Å². The summed E-state index contributed by atoms with van der Waals surface area (Å²) in [5, 5.41) is 2.70. The molecule has 0 heterocycles. The number of thiocarbonyl (C=S) groups is 1. The van der Waals surface area contributed by atoms with Crippen molar-refractivity contribution in [3.63, 3.8) is 0 Å². The van der Waals surface area contributed by atoms with Crippen molar-refractivity contribution in [1.82, 2.24) is 0 Å². The predicted molar refractivity (Wildman–Crippen MR) is 86.1 cm³/mol. The molecule has 0 aliphatic carbocycles. The maximum absolute atomic E-state index is 13.2. The van der Waals surface area contributed by atoms with E-state index in [2.05, 4.69) is 5.32 Å². The molecule has 0 aliphatic rings. The molecule has 0 atom stereocenters. The van der Waals surface area contributed by atoms with Crippen LogP contribution in [0.1, 0.15) is 28.4 Å². The zero-order valence-corrected chi connectivity index (χ0v) is 12.3. The molecule has 5 heteroatoms. The van der Waals surface area contributed by atoms with Crippen LogP contribution in [0.2, 0.25) is 0 Å². The highest BCUT2D eigenvalue weighted by Gasteiger charge is 2.11. The Bertz CT molecular complexity index is 683. The van der Waals surface area contributed by atoms with Gasteiger partial charge in [-0.3, -0.25) is 4.79 Å². The average Bonchev–Trinajstić information content (AvgIpc) is 2.49. The molecule has 0 spiro atoms. The fourth-order valence-electron chi connectivity index (χ4n) is 1.92. The molecule has 2 aromatic carbocycles. The van der Waals surface area contributed by atoms with Crippen LogP contribution < -0.4 is 11.1 Å². The van der Waals surface area contributed by atoms with Crippen molar-refractivity contribution >= 4 is 28.8 Å². The van der Waals surface area contributed by atoms with Gasteiger partial charge in [0.2, 0.25) is 0 Å². The molecule has 0 unspecified atom stereocenters. The molecule has 0 fully saturated rings. The smallest absolute Gasteiger partial charge is 0.255 e. The van der Waals surface area contributed by atoms with Crippen molar-refractivity contribution < 1.29 is 9.18 Å². The third-order valence-electron chi connectivity index (χ3n) is 3.12.